The van der Waals surface area contributed by atoms with Crippen LogP contribution in [0.1, 0.15) is 40.5 Å². The summed E-state index contributed by atoms with van der Waals surface area (Å²) in [5, 5.41) is 10.7. The Hall–Kier alpha value is -3.22. The van der Waals surface area contributed by atoms with E-state index in [1.165, 1.54) is 42.5 Å². The largest absolute Gasteiger partial charge is 0.462 e. The van der Waals surface area contributed by atoms with Crippen LogP contribution in [0, 0.1) is 10.1 Å². The van der Waals surface area contributed by atoms with E-state index >= 15 is 0 Å². The molecule has 25 heavy (non-hydrogen) atoms. The molecule has 0 saturated heterocycles. The zero-order valence-corrected chi connectivity index (χ0v) is 13.6. The topological polar surface area (TPSA) is 95.7 Å². The third-order valence-corrected chi connectivity index (χ3v) is 3.32. The molecule has 2 aromatic rings. The number of nitro benzene ring substituents is 1. The summed E-state index contributed by atoms with van der Waals surface area (Å²) in [7, 11) is 0. The number of hydrogen-bond acceptors (Lipinski definition) is 6. The first kappa shape index (κ1) is 18.1. The Kier molecular flexibility index (Phi) is 6.22. The lowest BCUT2D eigenvalue weighted by Crippen LogP contribution is -2.09. The Morgan fingerprint density at radius 3 is 2.40 bits per heavy atom. The zero-order valence-electron chi connectivity index (χ0n) is 13.6. The van der Waals surface area contributed by atoms with Crippen LogP contribution in [0.3, 0.4) is 0 Å². The average Bonchev–Trinajstić information content (AvgIpc) is 2.62. The Morgan fingerprint density at radius 2 is 1.76 bits per heavy atom. The molecule has 2 aromatic carbocycles. The molecule has 0 aliphatic carbocycles. The molecule has 7 heteroatoms. The maximum Gasteiger partial charge on any atom is 0.343 e. The highest BCUT2D eigenvalue weighted by atomic mass is 16.6. The lowest BCUT2D eigenvalue weighted by atomic mass is 10.2. The molecule has 0 fully saturated rings. The summed E-state index contributed by atoms with van der Waals surface area (Å²) in [6, 6.07) is 11.2. The molecule has 0 saturated carbocycles. The molecule has 0 aromatic heterocycles. The van der Waals surface area contributed by atoms with Crippen molar-refractivity contribution < 1.29 is 24.0 Å². The maximum absolute atomic E-state index is 12.0. The molecule has 0 bridgehead atoms. The first-order valence-electron chi connectivity index (χ1n) is 7.75. The van der Waals surface area contributed by atoms with Gasteiger partial charge in [-0.2, -0.15) is 0 Å². The third kappa shape index (κ3) is 5.13. The SMILES string of the molecule is CCCCOC(=O)c1ccc(OC(=O)c2cccc([N+](=O)[O-])c2)cc1. The zero-order chi connectivity index (χ0) is 18.2. The summed E-state index contributed by atoms with van der Waals surface area (Å²) in [6.45, 7) is 2.36. The Bertz CT molecular complexity index is 769. The van der Waals surface area contributed by atoms with Crippen LogP contribution in [0.4, 0.5) is 5.69 Å². The van der Waals surface area contributed by atoms with Crippen molar-refractivity contribution >= 4 is 17.6 Å². The van der Waals surface area contributed by atoms with Gasteiger partial charge in [-0.3, -0.25) is 10.1 Å². The highest BCUT2D eigenvalue weighted by Crippen LogP contribution is 2.18. The number of ether oxygens (including phenoxy) is 2. The molecule has 130 valence electrons. The predicted molar refractivity (Wildman–Crippen MR) is 89.7 cm³/mol. The summed E-state index contributed by atoms with van der Waals surface area (Å²) >= 11 is 0. The molecule has 2 rings (SSSR count). The number of benzene rings is 2. The fraction of sp³-hybridized carbons (Fsp3) is 0.222. The Morgan fingerprint density at radius 1 is 1.04 bits per heavy atom. The number of rotatable bonds is 7. The maximum atomic E-state index is 12.0. The number of nitrogens with zero attached hydrogens (tertiary/aromatic N) is 1. The molecule has 0 N–H and O–H groups in total. The number of hydrogen-bond donors (Lipinski definition) is 0. The smallest absolute Gasteiger partial charge is 0.343 e. The van der Waals surface area contributed by atoms with Gasteiger partial charge in [0.25, 0.3) is 5.69 Å². The average molecular weight is 343 g/mol. The first-order chi connectivity index (χ1) is 12.0. The molecule has 0 unspecified atom stereocenters. The molecule has 7 nitrogen and oxygen atoms in total. The van der Waals surface area contributed by atoms with Crippen LogP contribution in [0.25, 0.3) is 0 Å². The van der Waals surface area contributed by atoms with Crippen LogP contribution in [0.15, 0.2) is 48.5 Å². The molecule has 0 atom stereocenters. The van der Waals surface area contributed by atoms with E-state index in [0.29, 0.717) is 12.2 Å². The van der Waals surface area contributed by atoms with Crippen molar-refractivity contribution in [2.24, 2.45) is 0 Å². The molecular formula is C18H17NO6. The van der Waals surface area contributed by atoms with Crippen molar-refractivity contribution in [1.29, 1.82) is 0 Å². The minimum atomic E-state index is -0.720. The lowest BCUT2D eigenvalue weighted by Gasteiger charge is -2.06. The van der Waals surface area contributed by atoms with Gasteiger partial charge in [-0.1, -0.05) is 19.4 Å². The quantitative estimate of drug-likeness (QED) is 0.250. The van der Waals surface area contributed by atoms with E-state index in [0.717, 1.165) is 18.9 Å². The van der Waals surface area contributed by atoms with E-state index < -0.39 is 16.9 Å². The fourth-order valence-electron chi connectivity index (χ4n) is 1.96. The Labute approximate surface area is 144 Å². The van der Waals surface area contributed by atoms with E-state index in [1.807, 2.05) is 6.92 Å². The van der Waals surface area contributed by atoms with Crippen LogP contribution < -0.4 is 4.74 Å². The van der Waals surface area contributed by atoms with Crippen LogP contribution >= 0.6 is 0 Å². The van der Waals surface area contributed by atoms with Gasteiger partial charge in [-0.15, -0.1) is 0 Å². The minimum Gasteiger partial charge on any atom is -0.462 e. The van der Waals surface area contributed by atoms with Gasteiger partial charge in [0.1, 0.15) is 5.75 Å². The number of non-ortho nitro benzene ring substituents is 1. The lowest BCUT2D eigenvalue weighted by molar-refractivity contribution is -0.384. The summed E-state index contributed by atoms with van der Waals surface area (Å²) in [4.78, 5) is 34.0. The van der Waals surface area contributed by atoms with E-state index in [1.54, 1.807) is 0 Å². The summed E-state index contributed by atoms with van der Waals surface area (Å²) in [5.74, 6) is -0.936. The molecule has 0 amide bonds. The first-order valence-corrected chi connectivity index (χ1v) is 7.75. The van der Waals surface area contributed by atoms with Crippen molar-refractivity contribution in [3.8, 4) is 5.75 Å². The molecule has 0 radical (unpaired) electrons. The second kappa shape index (κ2) is 8.58. The predicted octanol–water partition coefficient (Wildman–Crippen LogP) is 3.77. The number of unbranched alkanes of at least 4 members (excludes halogenated alkanes) is 1. The van der Waals surface area contributed by atoms with Crippen LogP contribution in [0.2, 0.25) is 0 Å². The van der Waals surface area contributed by atoms with Gasteiger partial charge in [0, 0.05) is 12.1 Å². The molecule has 0 aliphatic rings. The summed E-state index contributed by atoms with van der Waals surface area (Å²) < 4.78 is 10.2. The third-order valence-electron chi connectivity index (χ3n) is 3.32. The van der Waals surface area contributed by atoms with Crippen LogP contribution in [0.5, 0.6) is 5.75 Å². The van der Waals surface area contributed by atoms with Gasteiger partial charge in [-0.05, 0) is 36.8 Å². The number of esters is 2. The molecule has 0 spiro atoms. The van der Waals surface area contributed by atoms with Gasteiger partial charge < -0.3 is 9.47 Å². The van der Waals surface area contributed by atoms with E-state index in [4.69, 9.17) is 9.47 Å². The van der Waals surface area contributed by atoms with Crippen molar-refractivity contribution in [3.63, 3.8) is 0 Å². The van der Waals surface area contributed by atoms with Crippen molar-refractivity contribution in [2.45, 2.75) is 19.8 Å². The molecule has 0 heterocycles. The van der Waals surface area contributed by atoms with Crippen molar-refractivity contribution in [1.82, 2.24) is 0 Å². The summed E-state index contributed by atoms with van der Waals surface area (Å²) in [6.07, 6.45) is 1.73. The van der Waals surface area contributed by atoms with Crippen LogP contribution in [-0.2, 0) is 4.74 Å². The Balaban J connectivity index is 2.01. The monoisotopic (exact) mass is 343 g/mol. The highest BCUT2D eigenvalue weighted by Gasteiger charge is 2.14. The van der Waals surface area contributed by atoms with Gasteiger partial charge >= 0.3 is 11.9 Å². The fourth-order valence-corrected chi connectivity index (χ4v) is 1.96. The van der Waals surface area contributed by atoms with Gasteiger partial charge in [0.2, 0.25) is 0 Å². The number of carbonyl (C=O) groups excluding carboxylic acids is 2. The number of carbonyl (C=O) groups is 2. The standard InChI is InChI=1S/C18H17NO6/c1-2-3-11-24-17(20)13-7-9-16(10-8-13)25-18(21)14-5-4-6-15(12-14)19(22)23/h4-10,12H,2-3,11H2,1H3. The minimum absolute atomic E-state index is 0.0669. The van der Waals surface area contributed by atoms with Crippen molar-refractivity contribution in [3.05, 3.63) is 69.8 Å². The molecule has 0 aliphatic heterocycles. The second-order valence-electron chi connectivity index (χ2n) is 5.21. The van der Waals surface area contributed by atoms with E-state index in [2.05, 4.69) is 0 Å². The second-order valence-corrected chi connectivity index (χ2v) is 5.21. The normalized spacial score (nSPS) is 10.1. The van der Waals surface area contributed by atoms with E-state index in [-0.39, 0.29) is 17.0 Å². The molecular weight excluding hydrogens is 326 g/mol. The van der Waals surface area contributed by atoms with Crippen molar-refractivity contribution in [2.75, 3.05) is 6.61 Å². The van der Waals surface area contributed by atoms with Gasteiger partial charge in [0.15, 0.2) is 0 Å². The van der Waals surface area contributed by atoms with Gasteiger partial charge in [-0.25, -0.2) is 9.59 Å². The highest BCUT2D eigenvalue weighted by molar-refractivity contribution is 5.92. The van der Waals surface area contributed by atoms with Crippen LogP contribution in [-0.4, -0.2) is 23.5 Å². The summed E-state index contributed by atoms with van der Waals surface area (Å²) in [5.41, 5.74) is 0.225. The van der Waals surface area contributed by atoms with Gasteiger partial charge in [0.05, 0.1) is 22.7 Å². The van der Waals surface area contributed by atoms with E-state index in [9.17, 15) is 19.7 Å². The number of nitro groups is 1.